The fourth-order valence-corrected chi connectivity index (χ4v) is 3.95. The first-order chi connectivity index (χ1) is 10.8. The van der Waals surface area contributed by atoms with Crippen molar-refractivity contribution in [3.05, 3.63) is 29.3 Å². The van der Waals surface area contributed by atoms with Crippen LogP contribution in [0.25, 0.3) is 0 Å². The molecule has 0 spiro atoms. The topological polar surface area (TPSA) is 57.5 Å². The van der Waals surface area contributed by atoms with E-state index >= 15 is 0 Å². The SMILES string of the molecule is CCCCC(CC)Cc1c(CCC(Cl)Cl)cccc1P(=O)(O)O. The number of hydrogen-bond donors (Lipinski definition) is 2. The molecule has 0 saturated carbocycles. The Hall–Kier alpha value is -0.0500. The molecular weight excluding hydrogens is 354 g/mol. The molecule has 0 amide bonds. The van der Waals surface area contributed by atoms with Gasteiger partial charge in [-0.3, -0.25) is 4.57 Å². The average molecular weight is 381 g/mol. The number of unbranched alkanes of at least 4 members (excludes halogenated alkanes) is 1. The van der Waals surface area contributed by atoms with Crippen LogP contribution in [0.3, 0.4) is 0 Å². The number of alkyl halides is 2. The molecule has 0 aliphatic carbocycles. The van der Waals surface area contributed by atoms with Gasteiger partial charge in [0.2, 0.25) is 0 Å². The van der Waals surface area contributed by atoms with Gasteiger partial charge < -0.3 is 9.79 Å². The molecule has 23 heavy (non-hydrogen) atoms. The maximum absolute atomic E-state index is 11.9. The van der Waals surface area contributed by atoms with Gasteiger partial charge in [-0.15, -0.1) is 23.2 Å². The van der Waals surface area contributed by atoms with Crippen LogP contribution in [-0.2, 0) is 17.4 Å². The van der Waals surface area contributed by atoms with E-state index in [9.17, 15) is 14.4 Å². The zero-order chi connectivity index (χ0) is 17.5. The Balaban J connectivity index is 3.13. The summed E-state index contributed by atoms with van der Waals surface area (Å²) in [4.78, 5) is 18.9. The maximum Gasteiger partial charge on any atom is 0.356 e. The number of aryl methyl sites for hydroxylation is 1. The number of halogens is 2. The average Bonchev–Trinajstić information content (AvgIpc) is 2.48. The first-order valence-corrected chi connectivity index (χ1v) is 10.7. The predicted molar refractivity (Wildman–Crippen MR) is 98.9 cm³/mol. The van der Waals surface area contributed by atoms with Gasteiger partial charge in [0.25, 0.3) is 0 Å². The molecule has 0 heterocycles. The van der Waals surface area contributed by atoms with Crippen molar-refractivity contribution < 1.29 is 14.4 Å². The van der Waals surface area contributed by atoms with Crippen LogP contribution in [0.2, 0.25) is 0 Å². The quantitative estimate of drug-likeness (QED) is 0.444. The second-order valence-electron chi connectivity index (χ2n) is 6.01. The Labute approximate surface area is 149 Å². The highest BCUT2D eigenvalue weighted by molar-refractivity contribution is 7.60. The molecule has 0 saturated heterocycles. The van der Waals surface area contributed by atoms with Crippen molar-refractivity contribution in [3.8, 4) is 0 Å². The second-order valence-corrected chi connectivity index (χ2v) is 8.86. The lowest BCUT2D eigenvalue weighted by atomic mass is 9.89. The van der Waals surface area contributed by atoms with Crippen LogP contribution in [-0.4, -0.2) is 14.6 Å². The molecule has 0 bridgehead atoms. The zero-order valence-corrected chi connectivity index (χ0v) is 16.2. The number of benzene rings is 1. The smallest absolute Gasteiger partial charge is 0.321 e. The fraction of sp³-hybridized carbons (Fsp3) is 0.647. The summed E-state index contributed by atoms with van der Waals surface area (Å²) in [6.07, 6.45) is 6.25. The third-order valence-corrected chi connectivity index (χ3v) is 5.71. The van der Waals surface area contributed by atoms with Crippen LogP contribution in [0, 0.1) is 5.92 Å². The lowest BCUT2D eigenvalue weighted by Crippen LogP contribution is -2.18. The molecular formula is C17H27Cl2O3P. The zero-order valence-electron chi connectivity index (χ0n) is 13.8. The Bertz CT molecular complexity index is 529. The highest BCUT2D eigenvalue weighted by Gasteiger charge is 2.24. The summed E-state index contributed by atoms with van der Waals surface area (Å²) in [6.45, 7) is 4.29. The Morgan fingerprint density at radius 2 is 1.87 bits per heavy atom. The Kier molecular flexibility index (Phi) is 9.18. The van der Waals surface area contributed by atoms with Gasteiger partial charge in [-0.05, 0) is 42.4 Å². The normalized spacial score (nSPS) is 13.5. The van der Waals surface area contributed by atoms with Gasteiger partial charge in [0.05, 0.1) is 5.30 Å². The van der Waals surface area contributed by atoms with Crippen molar-refractivity contribution in [3.63, 3.8) is 0 Å². The van der Waals surface area contributed by atoms with E-state index in [1.807, 2.05) is 6.07 Å². The lowest BCUT2D eigenvalue weighted by Gasteiger charge is -2.21. The monoisotopic (exact) mass is 380 g/mol. The van der Waals surface area contributed by atoms with Crippen molar-refractivity contribution in [2.75, 3.05) is 0 Å². The van der Waals surface area contributed by atoms with Gasteiger partial charge in [-0.1, -0.05) is 51.7 Å². The number of rotatable bonds is 10. The molecule has 1 rings (SSSR count). The van der Waals surface area contributed by atoms with Gasteiger partial charge in [0, 0.05) is 0 Å². The van der Waals surface area contributed by atoms with Crippen LogP contribution in [0.4, 0.5) is 0 Å². The summed E-state index contributed by atoms with van der Waals surface area (Å²) < 4.78 is 11.9. The lowest BCUT2D eigenvalue weighted by molar-refractivity contribution is 0.386. The summed E-state index contributed by atoms with van der Waals surface area (Å²) >= 11 is 11.6. The number of hydrogen-bond acceptors (Lipinski definition) is 1. The molecule has 0 radical (unpaired) electrons. The molecule has 1 atom stereocenters. The largest absolute Gasteiger partial charge is 0.356 e. The van der Waals surface area contributed by atoms with Crippen LogP contribution in [0.15, 0.2) is 18.2 Å². The third kappa shape index (κ3) is 7.15. The second kappa shape index (κ2) is 10.1. The molecule has 3 nitrogen and oxygen atoms in total. The van der Waals surface area contributed by atoms with E-state index in [1.54, 1.807) is 12.1 Å². The van der Waals surface area contributed by atoms with E-state index in [0.29, 0.717) is 25.2 Å². The minimum atomic E-state index is -4.29. The van der Waals surface area contributed by atoms with Crippen LogP contribution >= 0.6 is 30.8 Å². The molecule has 0 aliphatic rings. The van der Waals surface area contributed by atoms with E-state index in [0.717, 1.165) is 36.8 Å². The van der Waals surface area contributed by atoms with Gasteiger partial charge in [0.15, 0.2) is 0 Å². The van der Waals surface area contributed by atoms with Crippen LogP contribution < -0.4 is 5.30 Å². The van der Waals surface area contributed by atoms with E-state index in [1.165, 1.54) is 0 Å². The van der Waals surface area contributed by atoms with Crippen molar-refractivity contribution in [1.82, 2.24) is 0 Å². The predicted octanol–water partition coefficient (Wildman–Crippen LogP) is 4.98. The van der Waals surface area contributed by atoms with E-state index in [-0.39, 0.29) is 5.30 Å². The Morgan fingerprint density at radius 3 is 2.39 bits per heavy atom. The van der Waals surface area contributed by atoms with Gasteiger partial charge >= 0.3 is 7.60 Å². The fourth-order valence-electron chi connectivity index (χ4n) is 2.86. The molecule has 0 fully saturated rings. The van der Waals surface area contributed by atoms with E-state index in [2.05, 4.69) is 13.8 Å². The molecule has 1 aromatic carbocycles. The van der Waals surface area contributed by atoms with Crippen LogP contribution in [0.1, 0.15) is 57.1 Å². The highest BCUT2D eigenvalue weighted by atomic mass is 35.5. The molecule has 1 unspecified atom stereocenters. The molecule has 2 N–H and O–H groups in total. The molecule has 132 valence electrons. The van der Waals surface area contributed by atoms with Gasteiger partial charge in [-0.25, -0.2) is 0 Å². The summed E-state index contributed by atoms with van der Waals surface area (Å²) in [5.41, 5.74) is 1.74. The first kappa shape index (κ1) is 21.0. The minimum absolute atomic E-state index is 0.158. The molecule has 1 aromatic rings. The van der Waals surface area contributed by atoms with E-state index in [4.69, 9.17) is 23.2 Å². The summed E-state index contributed by atoms with van der Waals surface area (Å²) in [5, 5.41) is 0.158. The standard InChI is InChI=1S/C17H27Cl2O3P/c1-3-5-7-13(4-2)12-15-14(10-11-17(18)19)8-6-9-16(15)23(20,21)22/h6,8-9,13,17H,3-5,7,10-12H2,1-2H3,(H2,20,21,22). The van der Waals surface area contributed by atoms with Crippen LogP contribution in [0.5, 0.6) is 0 Å². The van der Waals surface area contributed by atoms with Crippen molar-refractivity contribution in [2.24, 2.45) is 5.92 Å². The third-order valence-electron chi connectivity index (χ3n) is 4.23. The molecule has 6 heteroatoms. The van der Waals surface area contributed by atoms with Crippen molar-refractivity contribution in [1.29, 1.82) is 0 Å². The summed E-state index contributed by atoms with van der Waals surface area (Å²) in [5.74, 6) is 0.434. The van der Waals surface area contributed by atoms with E-state index < -0.39 is 12.4 Å². The maximum atomic E-state index is 11.9. The highest BCUT2D eigenvalue weighted by Crippen LogP contribution is 2.37. The first-order valence-electron chi connectivity index (χ1n) is 8.24. The minimum Gasteiger partial charge on any atom is -0.321 e. The van der Waals surface area contributed by atoms with Crippen molar-refractivity contribution >= 4 is 36.1 Å². The van der Waals surface area contributed by atoms with Gasteiger partial charge in [0.1, 0.15) is 4.84 Å². The summed E-state index contributed by atoms with van der Waals surface area (Å²) in [7, 11) is -4.29. The summed E-state index contributed by atoms with van der Waals surface area (Å²) in [6, 6.07) is 5.18. The Morgan fingerprint density at radius 1 is 1.17 bits per heavy atom. The van der Waals surface area contributed by atoms with Crippen molar-refractivity contribution in [2.45, 2.75) is 63.6 Å². The molecule has 0 aromatic heterocycles. The molecule has 0 aliphatic heterocycles. The van der Waals surface area contributed by atoms with Gasteiger partial charge in [-0.2, -0.15) is 0 Å².